The van der Waals surface area contributed by atoms with E-state index in [1.807, 2.05) is 0 Å². The molecule has 1 aliphatic heterocycles. The standard InChI is InChI=1S/C14H22N2O2S/c1-11(7-13-3-2-6-19-13)8-15-14(17)16-9-12-4-5-18-10-12/h2-3,6,11-12H,4-5,7-10H2,1H3,(H2,15,16,17)/t11-,12+/m0/s1. The van der Waals surface area contributed by atoms with Gasteiger partial charge in [-0.1, -0.05) is 13.0 Å². The Morgan fingerprint density at radius 1 is 1.58 bits per heavy atom. The van der Waals surface area contributed by atoms with Crippen molar-refractivity contribution in [1.29, 1.82) is 0 Å². The number of carbonyl (C=O) groups is 1. The summed E-state index contributed by atoms with van der Waals surface area (Å²) in [5.41, 5.74) is 0. The van der Waals surface area contributed by atoms with Gasteiger partial charge in [0.2, 0.25) is 0 Å². The minimum absolute atomic E-state index is 0.0649. The second-order valence-corrected chi connectivity index (χ2v) is 6.24. The minimum atomic E-state index is -0.0649. The predicted molar refractivity (Wildman–Crippen MR) is 77.5 cm³/mol. The summed E-state index contributed by atoms with van der Waals surface area (Å²) >= 11 is 1.77. The number of hydrogen-bond donors (Lipinski definition) is 2. The maximum Gasteiger partial charge on any atom is 0.314 e. The van der Waals surface area contributed by atoms with Crippen LogP contribution in [0.1, 0.15) is 18.2 Å². The van der Waals surface area contributed by atoms with Crippen LogP contribution in [-0.2, 0) is 11.2 Å². The van der Waals surface area contributed by atoms with Crippen LogP contribution in [-0.4, -0.2) is 32.3 Å². The van der Waals surface area contributed by atoms with Crippen LogP contribution in [0, 0.1) is 11.8 Å². The van der Waals surface area contributed by atoms with Gasteiger partial charge in [-0.15, -0.1) is 11.3 Å². The summed E-state index contributed by atoms with van der Waals surface area (Å²) in [6.07, 6.45) is 2.07. The largest absolute Gasteiger partial charge is 0.381 e. The molecule has 0 radical (unpaired) electrons. The van der Waals surface area contributed by atoms with Gasteiger partial charge in [-0.2, -0.15) is 0 Å². The quantitative estimate of drug-likeness (QED) is 0.841. The van der Waals surface area contributed by atoms with E-state index in [1.54, 1.807) is 11.3 Å². The van der Waals surface area contributed by atoms with Crippen molar-refractivity contribution in [2.45, 2.75) is 19.8 Å². The summed E-state index contributed by atoms with van der Waals surface area (Å²) < 4.78 is 5.28. The average molecular weight is 282 g/mol. The van der Waals surface area contributed by atoms with Crippen LogP contribution < -0.4 is 10.6 Å². The lowest BCUT2D eigenvalue weighted by molar-refractivity contribution is 0.185. The molecule has 0 unspecified atom stereocenters. The molecule has 2 N–H and O–H groups in total. The van der Waals surface area contributed by atoms with Crippen LogP contribution in [0.2, 0.25) is 0 Å². The molecule has 5 heteroatoms. The van der Waals surface area contributed by atoms with Crippen molar-refractivity contribution in [3.63, 3.8) is 0 Å². The molecule has 0 saturated carbocycles. The second-order valence-electron chi connectivity index (χ2n) is 5.21. The molecule has 1 aromatic rings. The highest BCUT2D eigenvalue weighted by Crippen LogP contribution is 2.13. The highest BCUT2D eigenvalue weighted by molar-refractivity contribution is 7.09. The average Bonchev–Trinajstić information content (AvgIpc) is 3.06. The van der Waals surface area contributed by atoms with E-state index < -0.39 is 0 Å². The Bertz CT molecular complexity index is 375. The van der Waals surface area contributed by atoms with Gasteiger partial charge in [0.25, 0.3) is 0 Å². The molecule has 19 heavy (non-hydrogen) atoms. The molecule has 0 bridgehead atoms. The Morgan fingerprint density at radius 2 is 2.47 bits per heavy atom. The Kier molecular flexibility index (Phi) is 5.66. The van der Waals surface area contributed by atoms with E-state index in [0.717, 1.165) is 26.1 Å². The van der Waals surface area contributed by atoms with E-state index in [0.29, 0.717) is 24.9 Å². The summed E-state index contributed by atoms with van der Waals surface area (Å²) in [6, 6.07) is 4.14. The van der Waals surface area contributed by atoms with Gasteiger partial charge in [0.15, 0.2) is 0 Å². The van der Waals surface area contributed by atoms with Crippen molar-refractivity contribution in [3.8, 4) is 0 Å². The Labute approximate surface area is 118 Å². The number of ether oxygens (including phenoxy) is 1. The van der Waals surface area contributed by atoms with Crippen molar-refractivity contribution in [2.24, 2.45) is 11.8 Å². The van der Waals surface area contributed by atoms with Gasteiger partial charge in [0.1, 0.15) is 0 Å². The van der Waals surface area contributed by atoms with E-state index >= 15 is 0 Å². The fraction of sp³-hybridized carbons (Fsp3) is 0.643. The van der Waals surface area contributed by atoms with E-state index in [1.165, 1.54) is 4.88 Å². The van der Waals surface area contributed by atoms with Gasteiger partial charge in [-0.05, 0) is 30.2 Å². The molecule has 1 saturated heterocycles. The summed E-state index contributed by atoms with van der Waals surface area (Å²) in [7, 11) is 0. The van der Waals surface area contributed by atoms with Crippen LogP contribution in [0.4, 0.5) is 4.79 Å². The zero-order valence-electron chi connectivity index (χ0n) is 11.4. The maximum atomic E-state index is 11.6. The molecule has 0 aromatic carbocycles. The lowest BCUT2D eigenvalue weighted by Gasteiger charge is -2.14. The molecular formula is C14H22N2O2S. The third-order valence-electron chi connectivity index (χ3n) is 3.32. The van der Waals surface area contributed by atoms with E-state index in [2.05, 4.69) is 35.1 Å². The molecule has 1 aromatic heterocycles. The number of nitrogens with one attached hydrogen (secondary N) is 2. The van der Waals surface area contributed by atoms with Gasteiger partial charge in [0, 0.05) is 30.5 Å². The van der Waals surface area contributed by atoms with E-state index in [9.17, 15) is 4.79 Å². The van der Waals surface area contributed by atoms with Gasteiger partial charge in [0.05, 0.1) is 6.61 Å². The lowest BCUT2D eigenvalue weighted by atomic mass is 10.1. The van der Waals surface area contributed by atoms with E-state index in [4.69, 9.17) is 4.74 Å². The number of rotatable bonds is 6. The Morgan fingerprint density at radius 3 is 3.16 bits per heavy atom. The van der Waals surface area contributed by atoms with Crippen molar-refractivity contribution in [3.05, 3.63) is 22.4 Å². The molecule has 2 heterocycles. The topological polar surface area (TPSA) is 50.4 Å². The molecule has 2 amide bonds. The van der Waals surface area contributed by atoms with Gasteiger partial charge < -0.3 is 15.4 Å². The predicted octanol–water partition coefficient (Wildman–Crippen LogP) is 2.26. The fourth-order valence-corrected chi connectivity index (χ4v) is 3.02. The summed E-state index contributed by atoms with van der Waals surface area (Å²) in [5.74, 6) is 0.938. The van der Waals surface area contributed by atoms with Gasteiger partial charge >= 0.3 is 6.03 Å². The first-order valence-electron chi connectivity index (χ1n) is 6.86. The first-order chi connectivity index (χ1) is 9.24. The monoisotopic (exact) mass is 282 g/mol. The van der Waals surface area contributed by atoms with Crippen LogP contribution >= 0.6 is 11.3 Å². The number of hydrogen-bond acceptors (Lipinski definition) is 3. The van der Waals surface area contributed by atoms with Crippen molar-refractivity contribution in [2.75, 3.05) is 26.3 Å². The molecule has 1 fully saturated rings. The van der Waals surface area contributed by atoms with Crippen LogP contribution in [0.15, 0.2) is 17.5 Å². The van der Waals surface area contributed by atoms with Gasteiger partial charge in [-0.3, -0.25) is 0 Å². The van der Waals surface area contributed by atoms with Crippen molar-refractivity contribution < 1.29 is 9.53 Å². The summed E-state index contributed by atoms with van der Waals surface area (Å²) in [4.78, 5) is 13.0. The molecule has 2 atom stereocenters. The number of carbonyl (C=O) groups excluding carboxylic acids is 1. The zero-order chi connectivity index (χ0) is 13.5. The molecule has 2 rings (SSSR count). The SMILES string of the molecule is C[C@H](CNC(=O)NC[C@H]1CCOC1)Cc1cccs1. The third kappa shape index (κ3) is 5.20. The molecule has 1 aliphatic rings. The molecule has 106 valence electrons. The van der Waals surface area contributed by atoms with Crippen molar-refractivity contribution in [1.82, 2.24) is 10.6 Å². The molecule has 0 aliphatic carbocycles. The third-order valence-corrected chi connectivity index (χ3v) is 4.21. The maximum absolute atomic E-state index is 11.6. The highest BCUT2D eigenvalue weighted by Gasteiger charge is 2.16. The second kappa shape index (κ2) is 7.50. The molecule has 0 spiro atoms. The first kappa shape index (κ1) is 14.3. The number of thiophene rings is 1. The van der Waals surface area contributed by atoms with Crippen LogP contribution in [0.5, 0.6) is 0 Å². The fourth-order valence-electron chi connectivity index (χ4n) is 2.16. The Balaban J connectivity index is 1.57. The summed E-state index contributed by atoms with van der Waals surface area (Å²) in [5, 5.41) is 7.93. The van der Waals surface area contributed by atoms with Crippen LogP contribution in [0.25, 0.3) is 0 Å². The minimum Gasteiger partial charge on any atom is -0.381 e. The molecule has 4 nitrogen and oxygen atoms in total. The smallest absolute Gasteiger partial charge is 0.314 e. The normalized spacial score (nSPS) is 20.2. The van der Waals surface area contributed by atoms with E-state index in [-0.39, 0.29) is 6.03 Å². The summed E-state index contributed by atoms with van der Waals surface area (Å²) in [6.45, 7) is 5.18. The van der Waals surface area contributed by atoms with Gasteiger partial charge in [-0.25, -0.2) is 4.79 Å². The number of amides is 2. The highest BCUT2D eigenvalue weighted by atomic mass is 32.1. The Hall–Kier alpha value is -1.07. The molecular weight excluding hydrogens is 260 g/mol. The first-order valence-corrected chi connectivity index (χ1v) is 7.74. The van der Waals surface area contributed by atoms with Crippen LogP contribution in [0.3, 0.4) is 0 Å². The lowest BCUT2D eigenvalue weighted by Crippen LogP contribution is -2.40. The van der Waals surface area contributed by atoms with Crippen molar-refractivity contribution >= 4 is 17.4 Å². The number of urea groups is 1. The zero-order valence-corrected chi connectivity index (χ0v) is 12.2.